The van der Waals surface area contributed by atoms with Crippen molar-refractivity contribution in [1.29, 1.82) is 5.26 Å². The zero-order chi connectivity index (χ0) is 19.8. The molecule has 2 aromatic carbocycles. The van der Waals surface area contributed by atoms with E-state index in [4.69, 9.17) is 21.1 Å². The van der Waals surface area contributed by atoms with Gasteiger partial charge in [-0.25, -0.2) is 0 Å². The Morgan fingerprint density at radius 1 is 1.30 bits per heavy atom. The van der Waals surface area contributed by atoms with E-state index in [1.165, 1.54) is 6.08 Å². The fraction of sp³-hybridized carbons (Fsp3) is 0.238. The van der Waals surface area contributed by atoms with Crippen molar-refractivity contribution >= 4 is 29.3 Å². The molecule has 2 rings (SSSR count). The molecule has 0 saturated heterocycles. The number of nitrogens with one attached hydrogen (secondary N) is 1. The van der Waals surface area contributed by atoms with Gasteiger partial charge in [0.25, 0.3) is 5.91 Å². The van der Waals surface area contributed by atoms with Crippen LogP contribution in [0, 0.1) is 18.3 Å². The van der Waals surface area contributed by atoms with Crippen LogP contribution < -0.4 is 14.8 Å². The lowest BCUT2D eigenvalue weighted by atomic mass is 10.1. The number of amides is 1. The number of carbonyl (C=O) groups is 1. The Labute approximate surface area is 164 Å². The molecule has 5 nitrogen and oxygen atoms in total. The second-order valence-corrected chi connectivity index (χ2v) is 6.20. The topological polar surface area (TPSA) is 71.3 Å². The third kappa shape index (κ3) is 5.25. The number of benzene rings is 2. The van der Waals surface area contributed by atoms with Crippen LogP contribution in [0.3, 0.4) is 0 Å². The number of rotatable bonds is 7. The van der Waals surface area contributed by atoms with Gasteiger partial charge < -0.3 is 14.8 Å². The minimum atomic E-state index is -0.506. The van der Waals surface area contributed by atoms with E-state index >= 15 is 0 Å². The fourth-order valence-electron chi connectivity index (χ4n) is 2.35. The molecule has 6 heteroatoms. The van der Waals surface area contributed by atoms with Crippen LogP contribution in [-0.4, -0.2) is 19.6 Å². The van der Waals surface area contributed by atoms with E-state index in [9.17, 15) is 10.1 Å². The van der Waals surface area contributed by atoms with Crippen LogP contribution in [0.2, 0.25) is 5.02 Å². The number of carbonyl (C=O) groups excluding carboxylic acids is 1. The summed E-state index contributed by atoms with van der Waals surface area (Å²) >= 11 is 6.07. The molecule has 140 valence electrons. The maximum absolute atomic E-state index is 12.5. The van der Waals surface area contributed by atoms with Gasteiger partial charge in [0.15, 0.2) is 11.5 Å². The van der Waals surface area contributed by atoms with Crippen molar-refractivity contribution in [2.45, 2.75) is 20.3 Å². The molecule has 1 amide bonds. The predicted molar refractivity (Wildman–Crippen MR) is 107 cm³/mol. The highest BCUT2D eigenvalue weighted by molar-refractivity contribution is 6.31. The highest BCUT2D eigenvalue weighted by Crippen LogP contribution is 2.29. The highest BCUT2D eigenvalue weighted by Gasteiger charge is 2.13. The second-order valence-electron chi connectivity index (χ2n) is 5.80. The molecule has 2 aromatic rings. The van der Waals surface area contributed by atoms with Crippen LogP contribution in [-0.2, 0) is 4.79 Å². The smallest absolute Gasteiger partial charge is 0.266 e. The maximum atomic E-state index is 12.5. The Morgan fingerprint density at radius 2 is 2.07 bits per heavy atom. The van der Waals surface area contributed by atoms with Gasteiger partial charge in [0.1, 0.15) is 11.6 Å². The minimum absolute atomic E-state index is 0.0290. The zero-order valence-corrected chi connectivity index (χ0v) is 16.3. The van der Waals surface area contributed by atoms with Gasteiger partial charge in [0.05, 0.1) is 13.7 Å². The molecule has 0 bridgehead atoms. The van der Waals surface area contributed by atoms with E-state index < -0.39 is 5.91 Å². The standard InChI is InChI=1S/C21H21ClN2O3/c1-4-10-27-19-9-8-15(12-20(19)26-3)11-16(13-23)21(25)24-18-7-5-6-17(22)14(18)2/h5-9,11-12H,4,10H2,1-3H3,(H,24,25)/b16-11+. The first-order chi connectivity index (χ1) is 13.0. The third-order valence-corrected chi connectivity index (χ3v) is 4.25. The number of halogens is 1. The number of hydrogen-bond acceptors (Lipinski definition) is 4. The van der Waals surface area contributed by atoms with E-state index in [-0.39, 0.29) is 5.57 Å². The molecule has 0 radical (unpaired) electrons. The second kappa shape index (κ2) is 9.65. The molecule has 0 aromatic heterocycles. The van der Waals surface area contributed by atoms with Crippen molar-refractivity contribution in [3.05, 3.63) is 58.1 Å². The van der Waals surface area contributed by atoms with Crippen LogP contribution >= 0.6 is 11.6 Å². The summed E-state index contributed by atoms with van der Waals surface area (Å²) in [6.07, 6.45) is 2.38. The lowest BCUT2D eigenvalue weighted by Crippen LogP contribution is -2.14. The van der Waals surface area contributed by atoms with Gasteiger partial charge in [-0.15, -0.1) is 0 Å². The number of hydrogen-bond donors (Lipinski definition) is 1. The molecule has 0 heterocycles. The normalized spacial score (nSPS) is 10.9. The van der Waals surface area contributed by atoms with Gasteiger partial charge >= 0.3 is 0 Å². The Hall–Kier alpha value is -2.97. The number of anilines is 1. The van der Waals surface area contributed by atoms with Gasteiger partial charge in [-0.2, -0.15) is 5.26 Å². The monoisotopic (exact) mass is 384 g/mol. The number of nitriles is 1. The molecule has 0 fully saturated rings. The van der Waals surface area contributed by atoms with Crippen molar-refractivity contribution < 1.29 is 14.3 Å². The molecule has 0 saturated carbocycles. The number of nitrogens with zero attached hydrogens (tertiary/aromatic N) is 1. The van der Waals surface area contributed by atoms with E-state index in [1.54, 1.807) is 50.4 Å². The maximum Gasteiger partial charge on any atom is 0.266 e. The summed E-state index contributed by atoms with van der Waals surface area (Å²) in [7, 11) is 1.54. The van der Waals surface area contributed by atoms with Gasteiger partial charge in [-0.3, -0.25) is 4.79 Å². The van der Waals surface area contributed by atoms with Crippen LogP contribution in [0.25, 0.3) is 6.08 Å². The first kappa shape index (κ1) is 20.3. The van der Waals surface area contributed by atoms with E-state index in [2.05, 4.69) is 5.32 Å². The molecule has 0 aliphatic heterocycles. The highest BCUT2D eigenvalue weighted by atomic mass is 35.5. The largest absolute Gasteiger partial charge is 0.493 e. The van der Waals surface area contributed by atoms with Gasteiger partial charge in [0, 0.05) is 10.7 Å². The van der Waals surface area contributed by atoms with Crippen molar-refractivity contribution in [2.24, 2.45) is 0 Å². The van der Waals surface area contributed by atoms with E-state index in [1.807, 2.05) is 13.0 Å². The minimum Gasteiger partial charge on any atom is -0.493 e. The summed E-state index contributed by atoms with van der Waals surface area (Å²) in [4.78, 5) is 12.5. The van der Waals surface area contributed by atoms with Crippen molar-refractivity contribution in [3.63, 3.8) is 0 Å². The summed E-state index contributed by atoms with van der Waals surface area (Å²) < 4.78 is 10.9. The number of ether oxygens (including phenoxy) is 2. The van der Waals surface area contributed by atoms with E-state index in [0.717, 1.165) is 12.0 Å². The average molecular weight is 385 g/mol. The Morgan fingerprint density at radius 3 is 2.74 bits per heavy atom. The summed E-state index contributed by atoms with van der Waals surface area (Å²) in [6.45, 7) is 4.40. The third-order valence-electron chi connectivity index (χ3n) is 3.84. The first-order valence-electron chi connectivity index (χ1n) is 8.49. The molecular formula is C21H21ClN2O3. The van der Waals surface area contributed by atoms with Crippen molar-refractivity contribution in [3.8, 4) is 17.6 Å². The Balaban J connectivity index is 2.25. The number of methoxy groups -OCH3 is 1. The summed E-state index contributed by atoms with van der Waals surface area (Å²) in [5.74, 6) is 0.655. The zero-order valence-electron chi connectivity index (χ0n) is 15.5. The summed E-state index contributed by atoms with van der Waals surface area (Å²) in [5, 5.41) is 12.7. The van der Waals surface area contributed by atoms with Crippen LogP contribution in [0.1, 0.15) is 24.5 Å². The Bertz CT molecular complexity index is 901. The lowest BCUT2D eigenvalue weighted by Gasteiger charge is -2.11. The lowest BCUT2D eigenvalue weighted by molar-refractivity contribution is -0.112. The molecule has 27 heavy (non-hydrogen) atoms. The van der Waals surface area contributed by atoms with Gasteiger partial charge in [0.2, 0.25) is 0 Å². The molecule has 1 N–H and O–H groups in total. The quantitative estimate of drug-likeness (QED) is 0.539. The van der Waals surface area contributed by atoms with Gasteiger partial charge in [-0.1, -0.05) is 30.7 Å². The van der Waals surface area contributed by atoms with E-state index in [0.29, 0.717) is 34.4 Å². The van der Waals surface area contributed by atoms with Crippen LogP contribution in [0.4, 0.5) is 5.69 Å². The molecular weight excluding hydrogens is 364 g/mol. The molecule has 0 unspecified atom stereocenters. The SMILES string of the molecule is CCCOc1ccc(/C=C(\C#N)C(=O)Nc2cccc(Cl)c2C)cc1OC. The van der Waals surface area contributed by atoms with Crippen LogP contribution in [0.15, 0.2) is 42.0 Å². The molecule has 0 aliphatic rings. The van der Waals surface area contributed by atoms with Crippen molar-refractivity contribution in [2.75, 3.05) is 19.0 Å². The Kier molecular flexibility index (Phi) is 7.27. The first-order valence-corrected chi connectivity index (χ1v) is 8.87. The van der Waals surface area contributed by atoms with Crippen LogP contribution in [0.5, 0.6) is 11.5 Å². The van der Waals surface area contributed by atoms with Gasteiger partial charge in [-0.05, 0) is 54.8 Å². The molecule has 0 spiro atoms. The molecule has 0 aliphatic carbocycles. The predicted octanol–water partition coefficient (Wildman–Crippen LogP) is 4.99. The van der Waals surface area contributed by atoms with Crippen molar-refractivity contribution in [1.82, 2.24) is 0 Å². The molecule has 0 atom stereocenters. The fourth-order valence-corrected chi connectivity index (χ4v) is 2.53. The average Bonchev–Trinajstić information content (AvgIpc) is 2.68. The summed E-state index contributed by atoms with van der Waals surface area (Å²) in [6, 6.07) is 12.4. The summed E-state index contributed by atoms with van der Waals surface area (Å²) in [5.41, 5.74) is 1.93.